The zero-order valence-corrected chi connectivity index (χ0v) is 11.0. The molecule has 0 aliphatic heterocycles. The Morgan fingerprint density at radius 2 is 2.00 bits per heavy atom. The van der Waals surface area contributed by atoms with E-state index in [1.54, 1.807) is 22.9 Å². The van der Waals surface area contributed by atoms with Gasteiger partial charge in [-0.15, -0.1) is 0 Å². The Morgan fingerprint density at radius 1 is 1.33 bits per heavy atom. The van der Waals surface area contributed by atoms with Crippen LogP contribution in [-0.4, -0.2) is 14.9 Å². The van der Waals surface area contributed by atoms with Crippen LogP contribution in [0.25, 0.3) is 5.69 Å². The lowest BCUT2D eigenvalue weighted by atomic mass is 9.87. The summed E-state index contributed by atoms with van der Waals surface area (Å²) in [6, 6.07) is 8.91. The van der Waals surface area contributed by atoms with E-state index >= 15 is 0 Å². The van der Waals surface area contributed by atoms with E-state index in [1.807, 2.05) is 12.1 Å². The molecule has 0 spiro atoms. The van der Waals surface area contributed by atoms with Crippen LogP contribution in [0.3, 0.4) is 0 Å². The predicted octanol–water partition coefficient (Wildman–Crippen LogP) is 2.85. The van der Waals surface area contributed by atoms with Crippen LogP contribution >= 0.6 is 0 Å². The number of nitrogen functional groups attached to an aromatic ring is 1. The van der Waals surface area contributed by atoms with E-state index < -0.39 is 0 Å². The standard InChI is InChI=1S/C14H19N3O/c1-4-14(2,3)12-9-13(15)17(16-12)10-7-5-6-8-11(10)18/h5-9,18H,4,15H2,1-3H3. The molecule has 4 nitrogen and oxygen atoms in total. The van der Waals surface area contributed by atoms with Gasteiger partial charge in [-0.1, -0.05) is 32.9 Å². The molecule has 4 heteroatoms. The van der Waals surface area contributed by atoms with Crippen molar-refractivity contribution < 1.29 is 5.11 Å². The summed E-state index contributed by atoms with van der Waals surface area (Å²) in [5.41, 5.74) is 7.50. The molecule has 1 aromatic heterocycles. The predicted molar refractivity (Wildman–Crippen MR) is 73.0 cm³/mol. The Morgan fingerprint density at radius 3 is 2.61 bits per heavy atom. The Labute approximate surface area is 107 Å². The number of nitrogens with zero attached hydrogens (tertiary/aromatic N) is 2. The Bertz CT molecular complexity index is 558. The first-order valence-corrected chi connectivity index (χ1v) is 6.10. The molecule has 0 saturated carbocycles. The van der Waals surface area contributed by atoms with Gasteiger partial charge in [0.25, 0.3) is 0 Å². The maximum absolute atomic E-state index is 9.84. The molecule has 96 valence electrons. The monoisotopic (exact) mass is 245 g/mol. The largest absolute Gasteiger partial charge is 0.506 e. The summed E-state index contributed by atoms with van der Waals surface area (Å²) in [6.45, 7) is 6.38. The minimum atomic E-state index is -0.0240. The van der Waals surface area contributed by atoms with Gasteiger partial charge in [0.05, 0.1) is 5.69 Å². The molecule has 0 bridgehead atoms. The van der Waals surface area contributed by atoms with Gasteiger partial charge in [0.15, 0.2) is 0 Å². The van der Waals surface area contributed by atoms with E-state index in [-0.39, 0.29) is 11.2 Å². The highest BCUT2D eigenvalue weighted by molar-refractivity contribution is 5.51. The number of phenolic OH excluding ortho intramolecular Hbond substituents is 1. The van der Waals surface area contributed by atoms with E-state index in [1.165, 1.54) is 0 Å². The van der Waals surface area contributed by atoms with Gasteiger partial charge < -0.3 is 10.8 Å². The summed E-state index contributed by atoms with van der Waals surface area (Å²) < 4.78 is 1.59. The molecule has 0 unspecified atom stereocenters. The maximum atomic E-state index is 9.84. The lowest BCUT2D eigenvalue weighted by molar-refractivity contribution is 0.466. The first-order chi connectivity index (χ1) is 8.45. The van der Waals surface area contributed by atoms with Crippen molar-refractivity contribution in [3.8, 4) is 11.4 Å². The van der Waals surface area contributed by atoms with E-state index in [4.69, 9.17) is 5.73 Å². The third kappa shape index (κ3) is 2.06. The van der Waals surface area contributed by atoms with Crippen molar-refractivity contribution in [2.75, 3.05) is 5.73 Å². The molecule has 0 amide bonds. The van der Waals surface area contributed by atoms with Gasteiger partial charge in [-0.05, 0) is 18.6 Å². The van der Waals surface area contributed by atoms with E-state index in [9.17, 15) is 5.11 Å². The minimum Gasteiger partial charge on any atom is -0.506 e. The van der Waals surface area contributed by atoms with Crippen LogP contribution in [0, 0.1) is 0 Å². The number of rotatable bonds is 3. The summed E-state index contributed by atoms with van der Waals surface area (Å²) in [4.78, 5) is 0. The van der Waals surface area contributed by atoms with Crippen LogP contribution in [-0.2, 0) is 5.41 Å². The molecule has 0 fully saturated rings. The van der Waals surface area contributed by atoms with Crippen LogP contribution in [0.2, 0.25) is 0 Å². The number of aromatic hydroxyl groups is 1. The number of hydrogen-bond donors (Lipinski definition) is 2. The lowest BCUT2D eigenvalue weighted by Crippen LogP contribution is -2.16. The summed E-state index contributed by atoms with van der Waals surface area (Å²) >= 11 is 0. The summed E-state index contributed by atoms with van der Waals surface area (Å²) in [5, 5.41) is 14.4. The van der Waals surface area contributed by atoms with Gasteiger partial charge in [0, 0.05) is 11.5 Å². The number of phenols is 1. The number of anilines is 1. The highest BCUT2D eigenvalue weighted by Crippen LogP contribution is 2.30. The van der Waals surface area contributed by atoms with Gasteiger partial charge >= 0.3 is 0 Å². The fourth-order valence-corrected chi connectivity index (χ4v) is 1.74. The number of para-hydroxylation sites is 2. The second-order valence-corrected chi connectivity index (χ2v) is 5.09. The summed E-state index contributed by atoms with van der Waals surface area (Å²) in [5.74, 6) is 0.709. The third-order valence-electron chi connectivity index (χ3n) is 3.42. The molecule has 18 heavy (non-hydrogen) atoms. The smallest absolute Gasteiger partial charge is 0.141 e. The molecule has 1 heterocycles. The molecule has 0 saturated heterocycles. The topological polar surface area (TPSA) is 64.1 Å². The van der Waals surface area contributed by atoms with Gasteiger partial charge in [-0.25, -0.2) is 4.68 Å². The molecule has 2 aromatic rings. The molecule has 0 radical (unpaired) electrons. The van der Waals surface area contributed by atoms with Crippen LogP contribution in [0.1, 0.15) is 32.9 Å². The van der Waals surface area contributed by atoms with Crippen molar-refractivity contribution in [2.24, 2.45) is 0 Å². The molecular weight excluding hydrogens is 226 g/mol. The Kier molecular flexibility index (Phi) is 3.03. The first kappa shape index (κ1) is 12.5. The molecule has 2 rings (SSSR count). The van der Waals surface area contributed by atoms with Crippen molar-refractivity contribution in [1.82, 2.24) is 9.78 Å². The highest BCUT2D eigenvalue weighted by Gasteiger charge is 2.23. The van der Waals surface area contributed by atoms with E-state index in [0.29, 0.717) is 11.5 Å². The van der Waals surface area contributed by atoms with Crippen molar-refractivity contribution in [2.45, 2.75) is 32.6 Å². The zero-order chi connectivity index (χ0) is 13.3. The molecule has 1 aromatic carbocycles. The Hall–Kier alpha value is -1.97. The number of nitrogens with two attached hydrogens (primary N) is 1. The highest BCUT2D eigenvalue weighted by atomic mass is 16.3. The van der Waals surface area contributed by atoms with Crippen molar-refractivity contribution in [1.29, 1.82) is 0 Å². The van der Waals surface area contributed by atoms with Gasteiger partial charge in [0.2, 0.25) is 0 Å². The van der Waals surface area contributed by atoms with Gasteiger partial charge in [0.1, 0.15) is 17.3 Å². The average Bonchev–Trinajstić information content (AvgIpc) is 2.73. The van der Waals surface area contributed by atoms with E-state index in [2.05, 4.69) is 25.9 Å². The third-order valence-corrected chi connectivity index (χ3v) is 3.42. The van der Waals surface area contributed by atoms with Crippen LogP contribution in [0.5, 0.6) is 5.75 Å². The Balaban J connectivity index is 2.52. The normalized spacial score (nSPS) is 11.7. The van der Waals surface area contributed by atoms with Crippen molar-refractivity contribution in [3.63, 3.8) is 0 Å². The maximum Gasteiger partial charge on any atom is 0.141 e. The van der Waals surface area contributed by atoms with Crippen molar-refractivity contribution in [3.05, 3.63) is 36.0 Å². The molecule has 0 atom stereocenters. The molecule has 0 aliphatic rings. The lowest BCUT2D eigenvalue weighted by Gasteiger charge is -2.19. The SMILES string of the molecule is CCC(C)(C)c1cc(N)n(-c2ccccc2O)n1. The second kappa shape index (κ2) is 4.37. The quantitative estimate of drug-likeness (QED) is 0.874. The molecule has 0 aliphatic carbocycles. The number of aromatic nitrogens is 2. The van der Waals surface area contributed by atoms with Crippen LogP contribution < -0.4 is 5.73 Å². The van der Waals surface area contributed by atoms with Gasteiger partial charge in [-0.3, -0.25) is 0 Å². The minimum absolute atomic E-state index is 0.0240. The average molecular weight is 245 g/mol. The number of benzene rings is 1. The van der Waals surface area contributed by atoms with Crippen LogP contribution in [0.4, 0.5) is 5.82 Å². The number of hydrogen-bond acceptors (Lipinski definition) is 3. The zero-order valence-electron chi connectivity index (χ0n) is 11.0. The van der Waals surface area contributed by atoms with Crippen LogP contribution in [0.15, 0.2) is 30.3 Å². The molecular formula is C14H19N3O. The summed E-state index contributed by atoms with van der Waals surface area (Å²) in [6.07, 6.45) is 0.976. The van der Waals surface area contributed by atoms with E-state index in [0.717, 1.165) is 12.1 Å². The molecule has 3 N–H and O–H groups in total. The fraction of sp³-hybridized carbons (Fsp3) is 0.357. The second-order valence-electron chi connectivity index (χ2n) is 5.09. The van der Waals surface area contributed by atoms with Gasteiger partial charge in [-0.2, -0.15) is 5.10 Å². The summed E-state index contributed by atoms with van der Waals surface area (Å²) in [7, 11) is 0. The first-order valence-electron chi connectivity index (χ1n) is 6.10. The van der Waals surface area contributed by atoms with Crippen molar-refractivity contribution >= 4 is 5.82 Å². The fourth-order valence-electron chi connectivity index (χ4n) is 1.74.